The number of ether oxygens (including phenoxy) is 16. The highest BCUT2D eigenvalue weighted by Crippen LogP contribution is 2.39. The van der Waals surface area contributed by atoms with Gasteiger partial charge in [-0.1, -0.05) is 13.2 Å². The van der Waals surface area contributed by atoms with Crippen molar-refractivity contribution in [1.82, 2.24) is 0 Å². The van der Waals surface area contributed by atoms with Crippen LogP contribution in [-0.2, 0) is 75.8 Å². The largest absolute Gasteiger partial charge is 0.499 e. The van der Waals surface area contributed by atoms with E-state index in [0.29, 0.717) is 12.2 Å². The third-order valence-electron chi connectivity index (χ3n) is 16.9. The van der Waals surface area contributed by atoms with E-state index in [9.17, 15) is 102 Å². The Morgan fingerprint density at radius 2 is 0.477 bits per heavy atom. The van der Waals surface area contributed by atoms with Gasteiger partial charge in [0.25, 0.3) is 0 Å². The minimum atomic E-state index is -2.19. The maximum atomic E-state index is 11.3. The molecule has 1 saturated carbocycles. The van der Waals surface area contributed by atoms with Gasteiger partial charge in [0.05, 0.1) is 77.1 Å². The first kappa shape index (κ1) is 71.6. The molecule has 22 aliphatic rings. The molecular formula is C52H86O36. The summed E-state index contributed by atoms with van der Waals surface area (Å²) in [5.74, 6) is 0. The van der Waals surface area contributed by atoms with E-state index in [1.165, 1.54) is 12.5 Å². The van der Waals surface area contributed by atoms with Gasteiger partial charge < -0.3 is 178 Å². The Balaban J connectivity index is 0.000000747. The van der Waals surface area contributed by atoms with Crippen molar-refractivity contribution in [3.05, 3.63) is 25.7 Å². The molecule has 0 aromatic carbocycles. The third kappa shape index (κ3) is 15.6. The molecule has 21 aliphatic heterocycles. The second kappa shape index (κ2) is 32.2. The van der Waals surface area contributed by atoms with E-state index in [0.717, 1.165) is 25.7 Å². The van der Waals surface area contributed by atoms with E-state index in [-0.39, 0.29) is 0 Å². The van der Waals surface area contributed by atoms with Gasteiger partial charge in [-0.05, 0) is 25.7 Å². The van der Waals surface area contributed by atoms with Gasteiger partial charge in [-0.2, -0.15) is 0 Å². The Hall–Kier alpha value is -2.28. The van der Waals surface area contributed by atoms with Crippen molar-refractivity contribution in [1.29, 1.82) is 0 Å². The summed E-state index contributed by atoms with van der Waals surface area (Å²) in [5.41, 5.74) is 0. The van der Waals surface area contributed by atoms with Gasteiger partial charge in [0.15, 0.2) is 44.0 Å². The summed E-state index contributed by atoms with van der Waals surface area (Å²) in [5, 5.41) is 219. The molecule has 0 aromatic rings. The molecule has 36 heteroatoms. The lowest BCUT2D eigenvalue weighted by atomic mass is 9.95. The van der Waals surface area contributed by atoms with E-state index in [1.54, 1.807) is 0 Å². The summed E-state index contributed by atoms with van der Waals surface area (Å²) >= 11 is 0. The minimum absolute atomic E-state index is 0.354. The van der Waals surface area contributed by atoms with E-state index in [1.807, 2.05) is 0 Å². The standard InChI is InChI=1S/C42H70O34.C10H16O2/c43-2-11-10-1-9(50)36(64-11)71-30-12(3-44)66-38(25(58)19(30)52)73-32-14(5-46)68-40(27(60)21(32)54)75-34-16(7-48)70-42(29(62)23(34)56)76-35-17(8-49)69-41(28(61)22(35)55)74-33-15(6-47)67-39(26(59)20(33)53)72-31-13(4-45)65-37(63-10)24(57)18(31)51;1-3-11-9-5-7-10(8-6-9)12-4-2/h9-62H,1-8H2;3-4,9-10H,1-2,5-8H2. The molecule has 36 nitrogen and oxygen atoms in total. The van der Waals surface area contributed by atoms with E-state index < -0.39 is 262 Å². The maximum Gasteiger partial charge on any atom is 0.187 e. The highest BCUT2D eigenvalue weighted by Gasteiger charge is 2.59. The molecule has 14 bridgehead atoms. The molecule has 22 fully saturated rings. The quantitative estimate of drug-likeness (QED) is 0.0854. The molecule has 20 N–H and O–H groups in total. The molecule has 21 saturated heterocycles. The van der Waals surface area contributed by atoms with Crippen molar-refractivity contribution in [2.45, 2.75) is 253 Å². The van der Waals surface area contributed by atoms with Crippen LogP contribution in [0.15, 0.2) is 25.7 Å². The predicted molar refractivity (Wildman–Crippen MR) is 276 cm³/mol. The number of hydrogen-bond acceptors (Lipinski definition) is 36. The summed E-state index contributed by atoms with van der Waals surface area (Å²) < 4.78 is 90.6. The second-order valence-electron chi connectivity index (χ2n) is 22.6. The highest BCUT2D eigenvalue weighted by molar-refractivity contribution is 5.01. The summed E-state index contributed by atoms with van der Waals surface area (Å²) in [6, 6.07) is 0. The lowest BCUT2D eigenvalue weighted by Gasteiger charge is -2.50. The number of hydrogen-bond donors (Lipinski definition) is 20. The van der Waals surface area contributed by atoms with Crippen LogP contribution in [-0.4, -0.2) is 369 Å². The average Bonchev–Trinajstić information content (AvgIpc) is 1.20. The van der Waals surface area contributed by atoms with Crippen molar-refractivity contribution in [2.24, 2.45) is 0 Å². The zero-order chi connectivity index (χ0) is 64.0. The first-order valence-electron chi connectivity index (χ1n) is 28.9. The Morgan fingerprint density at radius 3 is 0.693 bits per heavy atom. The Morgan fingerprint density at radius 1 is 0.273 bits per heavy atom. The van der Waals surface area contributed by atoms with Crippen LogP contribution < -0.4 is 0 Å². The molecule has 510 valence electrons. The first-order chi connectivity index (χ1) is 42.1. The number of aliphatic hydroxyl groups is 20. The number of rotatable bonds is 11. The summed E-state index contributed by atoms with van der Waals surface area (Å²) in [4.78, 5) is 0. The van der Waals surface area contributed by atoms with Crippen LogP contribution in [0, 0.1) is 0 Å². The molecule has 22 rings (SSSR count). The van der Waals surface area contributed by atoms with Crippen LogP contribution in [0.1, 0.15) is 32.1 Å². The van der Waals surface area contributed by atoms with Crippen molar-refractivity contribution in [3.63, 3.8) is 0 Å². The fourth-order valence-corrected chi connectivity index (χ4v) is 12.0. The molecule has 34 atom stereocenters. The molecule has 34 unspecified atom stereocenters. The van der Waals surface area contributed by atoms with E-state index in [2.05, 4.69) is 13.2 Å². The van der Waals surface area contributed by atoms with Crippen LogP contribution >= 0.6 is 0 Å². The SMILES string of the molecule is C=COC1CCC(OC=C)CC1.OCC1OC2OC3C(CO)OC(OC4C(CO)OC(OC5C(CO)OC(OC6C(CO)OC(OC7C(CO)OC(OC8C(CO)OC(OC1CC2O)C(O)C8O)C(O)C7O)C(O)C6O)C(O)C5O)C(O)C4O)C(O)C3O. The predicted octanol–water partition coefficient (Wildman–Crippen LogP) is -11.6. The van der Waals surface area contributed by atoms with Crippen LogP contribution in [0.2, 0.25) is 0 Å². The van der Waals surface area contributed by atoms with E-state index >= 15 is 0 Å². The van der Waals surface area contributed by atoms with Crippen LogP contribution in [0.25, 0.3) is 0 Å². The molecule has 1 aliphatic carbocycles. The third-order valence-corrected chi connectivity index (χ3v) is 16.9. The monoisotopic (exact) mass is 1290 g/mol. The Bertz CT molecular complexity index is 2070. The zero-order valence-corrected chi connectivity index (χ0v) is 47.3. The van der Waals surface area contributed by atoms with Crippen LogP contribution in [0.5, 0.6) is 0 Å². The number of aliphatic hydroxyl groups excluding tert-OH is 20. The van der Waals surface area contributed by atoms with Crippen molar-refractivity contribution < 1.29 is 178 Å². The van der Waals surface area contributed by atoms with Gasteiger partial charge >= 0.3 is 0 Å². The summed E-state index contributed by atoms with van der Waals surface area (Å²) in [6.07, 6.45) is -57.6. The van der Waals surface area contributed by atoms with Gasteiger partial charge in [0.1, 0.15) is 159 Å². The molecular weight excluding hydrogens is 1200 g/mol. The van der Waals surface area contributed by atoms with Crippen LogP contribution in [0.3, 0.4) is 0 Å². The minimum Gasteiger partial charge on any atom is -0.499 e. The van der Waals surface area contributed by atoms with Gasteiger partial charge in [-0.3, -0.25) is 0 Å². The van der Waals surface area contributed by atoms with Gasteiger partial charge in [0.2, 0.25) is 0 Å². The van der Waals surface area contributed by atoms with Gasteiger partial charge in [0, 0.05) is 6.42 Å². The Labute approximate surface area is 502 Å². The van der Waals surface area contributed by atoms with E-state index in [4.69, 9.17) is 75.8 Å². The Kier molecular flexibility index (Phi) is 26.2. The van der Waals surface area contributed by atoms with Gasteiger partial charge in [-0.15, -0.1) is 0 Å². The molecule has 88 heavy (non-hydrogen) atoms. The molecule has 21 heterocycles. The topological polar surface area (TPSA) is 552 Å². The highest BCUT2D eigenvalue weighted by atomic mass is 16.8. The second-order valence-corrected chi connectivity index (χ2v) is 22.6. The maximum absolute atomic E-state index is 11.3. The summed E-state index contributed by atoms with van der Waals surface area (Å²) in [6.45, 7) is 0.135. The smallest absolute Gasteiger partial charge is 0.187 e. The summed E-state index contributed by atoms with van der Waals surface area (Å²) in [7, 11) is 0. The van der Waals surface area contributed by atoms with Gasteiger partial charge in [-0.25, -0.2) is 0 Å². The normalized spacial score (nSPS) is 51.4. The lowest BCUT2D eigenvalue weighted by Crippen LogP contribution is -2.68. The molecule has 0 aromatic heterocycles. The zero-order valence-electron chi connectivity index (χ0n) is 47.3. The van der Waals surface area contributed by atoms with Crippen LogP contribution in [0.4, 0.5) is 0 Å². The fraction of sp³-hybridized carbons (Fsp3) is 0.923. The van der Waals surface area contributed by atoms with Crippen molar-refractivity contribution >= 4 is 0 Å². The first-order valence-corrected chi connectivity index (χ1v) is 28.9. The fourth-order valence-electron chi connectivity index (χ4n) is 12.0. The molecule has 0 radical (unpaired) electrons. The molecule has 0 amide bonds. The lowest BCUT2D eigenvalue weighted by molar-refractivity contribution is -0.396. The molecule has 0 spiro atoms. The average molecular weight is 1290 g/mol. The van der Waals surface area contributed by atoms with Crippen molar-refractivity contribution in [3.8, 4) is 0 Å². The van der Waals surface area contributed by atoms with Crippen molar-refractivity contribution in [2.75, 3.05) is 46.2 Å².